The third-order valence-corrected chi connectivity index (χ3v) is 2.58. The molecule has 5 nitrogen and oxygen atoms in total. The number of hydrogen-bond donors (Lipinski definition) is 2. The molecule has 0 bridgehead atoms. The number of rotatable bonds is 5. The molecule has 0 aliphatic heterocycles. The number of aliphatic hydroxyl groups is 1. The van der Waals surface area contributed by atoms with Crippen LogP contribution in [0.25, 0.3) is 0 Å². The van der Waals surface area contributed by atoms with Crippen molar-refractivity contribution in [3.63, 3.8) is 0 Å². The fraction of sp³-hybridized carbons (Fsp3) is 0.800. The van der Waals surface area contributed by atoms with Crippen molar-refractivity contribution in [2.75, 3.05) is 6.79 Å². The molecule has 0 saturated heterocycles. The van der Waals surface area contributed by atoms with E-state index in [9.17, 15) is 9.36 Å². The molecule has 0 aromatic rings. The third-order valence-electron chi connectivity index (χ3n) is 1.11. The van der Waals surface area contributed by atoms with E-state index in [1.807, 2.05) is 0 Å². The van der Waals surface area contributed by atoms with Crippen molar-refractivity contribution in [3.05, 3.63) is 0 Å². The fourth-order valence-electron chi connectivity index (χ4n) is 0.561. The number of aliphatic hydroxyl groups excluding tert-OH is 1. The van der Waals surface area contributed by atoms with Gasteiger partial charge < -0.3 is 10.2 Å². The van der Waals surface area contributed by atoms with E-state index >= 15 is 0 Å². The number of carboxylic acid groups (broad SMARTS) is 1. The number of carbonyl (C=O) groups is 1. The van der Waals surface area contributed by atoms with Gasteiger partial charge in [0.15, 0.2) is 6.79 Å². The van der Waals surface area contributed by atoms with Crippen LogP contribution in [0.2, 0.25) is 0 Å². The molecular formula is C5H10O5P+. The lowest BCUT2D eigenvalue weighted by molar-refractivity contribution is -0.136. The molecule has 6 heteroatoms. The van der Waals surface area contributed by atoms with Gasteiger partial charge in [0.05, 0.1) is 0 Å². The molecule has 2 N–H and O–H groups in total. The minimum atomic E-state index is -2.28. The molecule has 2 unspecified atom stereocenters. The zero-order valence-electron chi connectivity index (χ0n) is 6.06. The monoisotopic (exact) mass is 181 g/mol. The Labute approximate surface area is 64.9 Å². The van der Waals surface area contributed by atoms with Gasteiger partial charge in [0.1, 0.15) is 0 Å². The minimum Gasteiger partial charge on any atom is -0.478 e. The first-order valence-corrected chi connectivity index (χ1v) is 4.31. The van der Waals surface area contributed by atoms with E-state index in [1.54, 1.807) is 6.92 Å². The summed E-state index contributed by atoms with van der Waals surface area (Å²) in [6.07, 6.45) is 0.227. The lowest BCUT2D eigenvalue weighted by atomic mass is 10.3. The molecule has 0 rings (SSSR count). The van der Waals surface area contributed by atoms with Gasteiger partial charge in [-0.05, 0) is 4.57 Å². The van der Waals surface area contributed by atoms with E-state index in [0.29, 0.717) is 0 Å². The second kappa shape index (κ2) is 5.18. The molecule has 2 atom stereocenters. The molecule has 64 valence electrons. The fourth-order valence-corrected chi connectivity index (χ4v) is 1.33. The van der Waals surface area contributed by atoms with E-state index in [0.717, 1.165) is 0 Å². The highest BCUT2D eigenvalue weighted by atomic mass is 31.1. The van der Waals surface area contributed by atoms with Crippen molar-refractivity contribution in [3.8, 4) is 0 Å². The lowest BCUT2D eigenvalue weighted by Gasteiger charge is -1.94. The van der Waals surface area contributed by atoms with Crippen LogP contribution in [0.5, 0.6) is 0 Å². The Morgan fingerprint density at radius 1 is 1.73 bits per heavy atom. The summed E-state index contributed by atoms with van der Waals surface area (Å²) in [6, 6.07) is 0. The van der Waals surface area contributed by atoms with E-state index in [-0.39, 0.29) is 6.42 Å². The van der Waals surface area contributed by atoms with Gasteiger partial charge in [-0.3, -0.25) is 0 Å². The predicted molar refractivity (Wildman–Crippen MR) is 37.5 cm³/mol. The Bertz CT molecular complexity index is 157. The van der Waals surface area contributed by atoms with Gasteiger partial charge in [0, 0.05) is 6.42 Å². The Morgan fingerprint density at radius 2 is 2.27 bits per heavy atom. The number of aliphatic carboxylic acids is 1. The Morgan fingerprint density at radius 3 is 2.55 bits per heavy atom. The van der Waals surface area contributed by atoms with Gasteiger partial charge in [-0.25, -0.2) is 4.79 Å². The highest BCUT2D eigenvalue weighted by Crippen LogP contribution is 2.31. The maximum absolute atomic E-state index is 10.8. The van der Waals surface area contributed by atoms with Gasteiger partial charge in [0.2, 0.25) is 0 Å². The molecule has 11 heavy (non-hydrogen) atoms. The lowest BCUT2D eigenvalue weighted by Crippen LogP contribution is -2.15. The zero-order chi connectivity index (χ0) is 8.85. The van der Waals surface area contributed by atoms with Crippen LogP contribution in [0, 0.1) is 0 Å². The normalized spacial score (nSPS) is 14.2. The maximum atomic E-state index is 10.8. The van der Waals surface area contributed by atoms with Crippen LogP contribution < -0.4 is 0 Å². The number of carboxylic acids is 1. The molecule has 0 heterocycles. The highest BCUT2D eigenvalue weighted by Gasteiger charge is 2.37. The highest BCUT2D eigenvalue weighted by molar-refractivity contribution is 7.41. The Balaban J connectivity index is 4.03. The quantitative estimate of drug-likeness (QED) is 0.478. The van der Waals surface area contributed by atoms with Crippen molar-refractivity contribution < 1.29 is 24.1 Å². The van der Waals surface area contributed by atoms with Gasteiger partial charge >= 0.3 is 14.0 Å². The summed E-state index contributed by atoms with van der Waals surface area (Å²) in [5, 5.41) is 16.6. The standard InChI is InChI=1S/C5H9O5P/c1-2-4(5(7)8)11(9)10-3-6/h4,6H,2-3H2,1H3/p+1. The second-order valence-electron chi connectivity index (χ2n) is 1.81. The zero-order valence-corrected chi connectivity index (χ0v) is 6.95. The molecule has 0 aromatic heterocycles. The summed E-state index contributed by atoms with van der Waals surface area (Å²) in [4.78, 5) is 10.3. The van der Waals surface area contributed by atoms with Crippen molar-refractivity contribution >= 4 is 14.0 Å². The summed E-state index contributed by atoms with van der Waals surface area (Å²) in [6.45, 7) is 0.881. The summed E-state index contributed by atoms with van der Waals surface area (Å²) >= 11 is 0. The molecule has 0 spiro atoms. The van der Waals surface area contributed by atoms with E-state index < -0.39 is 26.4 Å². The number of hydrogen-bond acceptors (Lipinski definition) is 4. The minimum absolute atomic E-state index is 0.227. The molecule has 0 aliphatic carbocycles. The van der Waals surface area contributed by atoms with Crippen LogP contribution in [0.3, 0.4) is 0 Å². The SMILES string of the molecule is CCC(C(=O)O)[P+](=O)OCO. The summed E-state index contributed by atoms with van der Waals surface area (Å²) in [5.74, 6) is -1.16. The second-order valence-corrected chi connectivity index (χ2v) is 3.26. The van der Waals surface area contributed by atoms with Crippen molar-refractivity contribution in [1.82, 2.24) is 0 Å². The first kappa shape index (κ1) is 10.5. The summed E-state index contributed by atoms with van der Waals surface area (Å²) < 4.78 is 15.0. The largest absolute Gasteiger partial charge is 0.525 e. The van der Waals surface area contributed by atoms with Gasteiger partial charge in [-0.2, -0.15) is 0 Å². The van der Waals surface area contributed by atoms with E-state index in [1.165, 1.54) is 0 Å². The molecule has 0 radical (unpaired) electrons. The van der Waals surface area contributed by atoms with Gasteiger partial charge in [-0.15, -0.1) is 4.52 Å². The summed E-state index contributed by atoms with van der Waals surface area (Å²) in [7, 11) is -2.28. The van der Waals surface area contributed by atoms with Crippen LogP contribution in [-0.4, -0.2) is 28.6 Å². The third kappa shape index (κ3) is 3.41. The van der Waals surface area contributed by atoms with Crippen LogP contribution >= 0.6 is 8.03 Å². The van der Waals surface area contributed by atoms with Gasteiger partial charge in [0.25, 0.3) is 5.66 Å². The summed E-state index contributed by atoms with van der Waals surface area (Å²) in [5.41, 5.74) is -1.02. The first-order valence-electron chi connectivity index (χ1n) is 3.06. The smallest absolute Gasteiger partial charge is 0.478 e. The topological polar surface area (TPSA) is 83.8 Å². The van der Waals surface area contributed by atoms with Crippen molar-refractivity contribution in [2.24, 2.45) is 0 Å². The molecule has 0 aromatic carbocycles. The molecule has 0 aliphatic rings. The van der Waals surface area contributed by atoms with Crippen molar-refractivity contribution in [1.29, 1.82) is 0 Å². The van der Waals surface area contributed by atoms with Crippen LogP contribution in [-0.2, 0) is 13.9 Å². The Hall–Kier alpha value is -0.510. The average molecular weight is 181 g/mol. The first-order chi connectivity index (χ1) is 5.13. The van der Waals surface area contributed by atoms with Crippen LogP contribution in [0.15, 0.2) is 0 Å². The molecular weight excluding hydrogens is 171 g/mol. The maximum Gasteiger partial charge on any atom is 0.525 e. The van der Waals surface area contributed by atoms with Crippen LogP contribution in [0.1, 0.15) is 13.3 Å². The predicted octanol–water partition coefficient (Wildman–Crippen LogP) is 0.558. The average Bonchev–Trinajstić information content (AvgIpc) is 1.88. The molecule has 0 saturated carbocycles. The van der Waals surface area contributed by atoms with E-state index in [4.69, 9.17) is 10.2 Å². The molecule has 0 fully saturated rings. The Kier molecular flexibility index (Phi) is 4.94. The molecule has 0 amide bonds. The van der Waals surface area contributed by atoms with Gasteiger partial charge in [-0.1, -0.05) is 6.92 Å². The van der Waals surface area contributed by atoms with Crippen molar-refractivity contribution in [2.45, 2.75) is 19.0 Å². The van der Waals surface area contributed by atoms with E-state index in [2.05, 4.69) is 4.52 Å². The van der Waals surface area contributed by atoms with Crippen LogP contribution in [0.4, 0.5) is 0 Å².